The minimum atomic E-state index is -1.12. The van der Waals surface area contributed by atoms with Gasteiger partial charge in [-0.1, -0.05) is 6.07 Å². The number of anilines is 1. The minimum absolute atomic E-state index is 0.0841. The van der Waals surface area contributed by atoms with Crippen LogP contribution in [0.15, 0.2) is 53.9 Å². The molecule has 0 spiro atoms. The Morgan fingerprint density at radius 2 is 1.93 bits per heavy atom. The molecule has 1 aromatic heterocycles. The van der Waals surface area contributed by atoms with Crippen LogP contribution in [0.4, 0.5) is 11.4 Å². The zero-order chi connectivity index (χ0) is 21.7. The standard InChI is InChI=1S/C20H17N3O6S/c1-12(18(24)21-14-4-3-5-15(10-14)23(26)27)29-20(25)17-11-30-19(22-17)13-6-8-16(28-2)9-7-13/h3-12H,1-2H3,(H,21,24). The zero-order valence-corrected chi connectivity index (χ0v) is 16.8. The van der Waals surface area contributed by atoms with Gasteiger partial charge in [0.15, 0.2) is 11.8 Å². The van der Waals surface area contributed by atoms with E-state index in [2.05, 4.69) is 10.3 Å². The number of nitrogens with one attached hydrogen (secondary N) is 1. The number of esters is 1. The fourth-order valence-corrected chi connectivity index (χ4v) is 3.24. The highest BCUT2D eigenvalue weighted by Gasteiger charge is 2.21. The van der Waals surface area contributed by atoms with Crippen molar-refractivity contribution in [1.29, 1.82) is 0 Å². The molecule has 10 heteroatoms. The number of ether oxygens (including phenoxy) is 2. The number of methoxy groups -OCH3 is 1. The number of nitro groups is 1. The monoisotopic (exact) mass is 427 g/mol. The summed E-state index contributed by atoms with van der Waals surface area (Å²) in [5.74, 6) is -0.652. The Balaban J connectivity index is 1.62. The first-order valence-corrected chi connectivity index (χ1v) is 9.61. The predicted molar refractivity (Wildman–Crippen MR) is 111 cm³/mol. The van der Waals surface area contributed by atoms with Gasteiger partial charge in [-0.2, -0.15) is 0 Å². The van der Waals surface area contributed by atoms with Crippen molar-refractivity contribution in [2.75, 3.05) is 12.4 Å². The number of non-ortho nitro benzene ring substituents is 1. The first kappa shape index (κ1) is 20.9. The van der Waals surface area contributed by atoms with Crippen LogP contribution in [0.2, 0.25) is 0 Å². The van der Waals surface area contributed by atoms with E-state index in [1.54, 1.807) is 24.6 Å². The Labute approximate surface area is 175 Å². The molecule has 1 N–H and O–H groups in total. The van der Waals surface area contributed by atoms with Gasteiger partial charge in [-0.05, 0) is 37.3 Å². The average molecular weight is 427 g/mol. The first-order valence-electron chi connectivity index (χ1n) is 8.73. The van der Waals surface area contributed by atoms with Crippen molar-refractivity contribution in [3.63, 3.8) is 0 Å². The number of nitrogens with zero attached hydrogens (tertiary/aromatic N) is 2. The molecule has 1 atom stereocenters. The Hall–Kier alpha value is -3.79. The molecule has 1 unspecified atom stereocenters. The predicted octanol–water partition coefficient (Wildman–Crippen LogP) is 3.91. The molecule has 0 aliphatic heterocycles. The van der Waals surface area contributed by atoms with Gasteiger partial charge in [-0.15, -0.1) is 11.3 Å². The fraction of sp³-hybridized carbons (Fsp3) is 0.150. The SMILES string of the molecule is COc1ccc(-c2nc(C(=O)OC(C)C(=O)Nc3cccc([N+](=O)[O-])c3)cs2)cc1. The van der Waals surface area contributed by atoms with E-state index in [1.165, 1.54) is 42.5 Å². The Morgan fingerprint density at radius 1 is 1.20 bits per heavy atom. The van der Waals surface area contributed by atoms with Crippen LogP contribution in [0.25, 0.3) is 10.6 Å². The number of nitro benzene ring substituents is 1. The third kappa shape index (κ3) is 4.97. The third-order valence-corrected chi connectivity index (χ3v) is 4.92. The van der Waals surface area contributed by atoms with Crippen LogP contribution in [0.1, 0.15) is 17.4 Å². The maximum atomic E-state index is 12.3. The van der Waals surface area contributed by atoms with Crippen molar-refractivity contribution in [1.82, 2.24) is 4.98 Å². The van der Waals surface area contributed by atoms with E-state index in [0.29, 0.717) is 10.8 Å². The lowest BCUT2D eigenvalue weighted by Gasteiger charge is -2.12. The van der Waals surface area contributed by atoms with Crippen LogP contribution in [0, 0.1) is 10.1 Å². The van der Waals surface area contributed by atoms with E-state index >= 15 is 0 Å². The van der Waals surface area contributed by atoms with Crippen LogP contribution in [-0.2, 0) is 9.53 Å². The van der Waals surface area contributed by atoms with Crippen molar-refractivity contribution >= 4 is 34.6 Å². The second-order valence-corrected chi connectivity index (χ2v) is 6.97. The Kier molecular flexibility index (Phi) is 6.38. The van der Waals surface area contributed by atoms with Crippen LogP contribution in [-0.4, -0.2) is 35.0 Å². The molecule has 9 nitrogen and oxygen atoms in total. The fourth-order valence-electron chi connectivity index (χ4n) is 2.45. The topological polar surface area (TPSA) is 121 Å². The lowest BCUT2D eigenvalue weighted by Crippen LogP contribution is -2.30. The van der Waals surface area contributed by atoms with Gasteiger partial charge in [-0.3, -0.25) is 14.9 Å². The summed E-state index contributed by atoms with van der Waals surface area (Å²) in [4.78, 5) is 39.1. The number of carbonyl (C=O) groups is 2. The van der Waals surface area contributed by atoms with Crippen molar-refractivity contribution in [2.24, 2.45) is 0 Å². The van der Waals surface area contributed by atoms with Gasteiger partial charge in [0.2, 0.25) is 0 Å². The normalized spacial score (nSPS) is 11.4. The molecule has 3 rings (SSSR count). The molecule has 1 amide bonds. The molecular formula is C20H17N3O6S. The lowest BCUT2D eigenvalue weighted by atomic mass is 10.2. The summed E-state index contributed by atoms with van der Waals surface area (Å²) >= 11 is 1.27. The maximum Gasteiger partial charge on any atom is 0.358 e. The molecule has 154 valence electrons. The summed E-state index contributed by atoms with van der Waals surface area (Å²) < 4.78 is 10.3. The molecule has 0 radical (unpaired) electrons. The van der Waals surface area contributed by atoms with Crippen molar-refractivity contribution in [2.45, 2.75) is 13.0 Å². The van der Waals surface area contributed by atoms with Crippen molar-refractivity contribution in [3.8, 4) is 16.3 Å². The second kappa shape index (κ2) is 9.14. The molecule has 0 fully saturated rings. The number of rotatable bonds is 7. The van der Waals surface area contributed by atoms with Crippen LogP contribution in [0.5, 0.6) is 5.75 Å². The number of aromatic nitrogens is 1. The summed E-state index contributed by atoms with van der Waals surface area (Å²) in [6, 6.07) is 12.7. The number of benzene rings is 2. The highest BCUT2D eigenvalue weighted by molar-refractivity contribution is 7.13. The minimum Gasteiger partial charge on any atom is -0.497 e. The molecule has 0 saturated carbocycles. The van der Waals surface area contributed by atoms with Gasteiger partial charge in [0.05, 0.1) is 12.0 Å². The number of carbonyl (C=O) groups excluding carboxylic acids is 2. The molecule has 0 saturated heterocycles. The van der Waals surface area contributed by atoms with Gasteiger partial charge in [-0.25, -0.2) is 9.78 Å². The van der Waals surface area contributed by atoms with Gasteiger partial charge in [0.25, 0.3) is 11.6 Å². The highest BCUT2D eigenvalue weighted by atomic mass is 32.1. The molecule has 3 aromatic rings. The maximum absolute atomic E-state index is 12.3. The summed E-state index contributed by atoms with van der Waals surface area (Å²) in [6.07, 6.45) is -1.12. The summed E-state index contributed by atoms with van der Waals surface area (Å²) in [5.41, 5.74) is 0.968. The van der Waals surface area contributed by atoms with Crippen molar-refractivity contribution < 1.29 is 24.0 Å². The van der Waals surface area contributed by atoms with Crippen molar-refractivity contribution in [3.05, 3.63) is 69.7 Å². The molecule has 1 heterocycles. The second-order valence-electron chi connectivity index (χ2n) is 6.11. The molecular weight excluding hydrogens is 410 g/mol. The van der Waals surface area contributed by atoms with E-state index in [4.69, 9.17) is 9.47 Å². The number of thiazole rings is 1. The number of hydrogen-bond donors (Lipinski definition) is 1. The van der Waals surface area contributed by atoms with Gasteiger partial charge in [0.1, 0.15) is 10.8 Å². The molecule has 30 heavy (non-hydrogen) atoms. The van der Waals surface area contributed by atoms with E-state index in [0.717, 1.165) is 5.56 Å². The average Bonchev–Trinajstić information content (AvgIpc) is 3.24. The van der Waals surface area contributed by atoms with E-state index in [1.807, 2.05) is 12.1 Å². The third-order valence-electron chi connectivity index (χ3n) is 4.03. The van der Waals surface area contributed by atoms with Crippen LogP contribution in [0.3, 0.4) is 0 Å². The highest BCUT2D eigenvalue weighted by Crippen LogP contribution is 2.26. The number of hydrogen-bond acceptors (Lipinski definition) is 8. The molecule has 2 aromatic carbocycles. The van der Waals surface area contributed by atoms with Gasteiger partial charge in [0, 0.05) is 28.8 Å². The van der Waals surface area contributed by atoms with Crippen LogP contribution < -0.4 is 10.1 Å². The molecule has 0 aliphatic carbocycles. The van der Waals surface area contributed by atoms with E-state index in [9.17, 15) is 19.7 Å². The summed E-state index contributed by atoms with van der Waals surface area (Å²) in [7, 11) is 1.57. The molecule has 0 aliphatic rings. The van der Waals surface area contributed by atoms with Gasteiger partial charge < -0.3 is 14.8 Å². The molecule has 0 bridgehead atoms. The zero-order valence-electron chi connectivity index (χ0n) is 16.0. The smallest absolute Gasteiger partial charge is 0.358 e. The van der Waals surface area contributed by atoms with E-state index < -0.39 is 22.9 Å². The summed E-state index contributed by atoms with van der Waals surface area (Å²) in [6.45, 7) is 1.40. The van der Waals surface area contributed by atoms with E-state index in [-0.39, 0.29) is 17.1 Å². The summed E-state index contributed by atoms with van der Waals surface area (Å²) in [5, 5.41) is 15.5. The Morgan fingerprint density at radius 3 is 2.60 bits per heavy atom. The Bertz CT molecular complexity index is 1080. The lowest BCUT2D eigenvalue weighted by molar-refractivity contribution is -0.384. The first-order chi connectivity index (χ1) is 14.4. The number of amides is 1. The van der Waals surface area contributed by atoms with Crippen LogP contribution >= 0.6 is 11.3 Å². The quantitative estimate of drug-likeness (QED) is 0.345. The van der Waals surface area contributed by atoms with Gasteiger partial charge >= 0.3 is 5.97 Å². The largest absolute Gasteiger partial charge is 0.497 e.